The van der Waals surface area contributed by atoms with Gasteiger partial charge in [-0.25, -0.2) is 0 Å². The molecule has 19 heavy (non-hydrogen) atoms. The van der Waals surface area contributed by atoms with Crippen LogP contribution in [-0.4, -0.2) is 22.5 Å². The molecule has 4 nitrogen and oxygen atoms in total. The average Bonchev–Trinajstić information content (AvgIpc) is 2.55. The Hall–Kier alpha value is -1.40. The molecule has 0 saturated carbocycles. The van der Waals surface area contributed by atoms with Crippen molar-refractivity contribution in [2.24, 2.45) is 7.05 Å². The van der Waals surface area contributed by atoms with E-state index in [1.54, 1.807) is 11.7 Å². The fourth-order valence-electron chi connectivity index (χ4n) is 1.88. The zero-order valence-corrected chi connectivity index (χ0v) is 11.3. The highest BCUT2D eigenvalue weighted by molar-refractivity contribution is 5.64. The minimum atomic E-state index is -4.07. The number of halogens is 3. The molecule has 0 atom stereocenters. The molecule has 0 amide bonds. The number of hydrogen-bond donors (Lipinski definition) is 2. The maximum Gasteiger partial charge on any atom is 0.389 e. The van der Waals surface area contributed by atoms with Crippen LogP contribution in [0.3, 0.4) is 0 Å². The number of aromatic nitrogens is 2. The second-order valence-electron chi connectivity index (χ2n) is 4.58. The molecule has 0 aromatic carbocycles. The van der Waals surface area contributed by atoms with Crippen LogP contribution in [0.1, 0.15) is 38.3 Å². The van der Waals surface area contributed by atoms with Crippen molar-refractivity contribution in [3.8, 4) is 0 Å². The number of nitrogen functional groups attached to an aromatic ring is 1. The van der Waals surface area contributed by atoms with Crippen LogP contribution in [0.5, 0.6) is 0 Å². The largest absolute Gasteiger partial charge is 0.394 e. The van der Waals surface area contributed by atoms with Gasteiger partial charge in [0, 0.05) is 20.0 Å². The Labute approximate surface area is 111 Å². The summed E-state index contributed by atoms with van der Waals surface area (Å²) in [5.74, 6) is 0.690. The number of rotatable bonds is 7. The minimum absolute atomic E-state index is 0.121. The normalized spacial score (nSPS) is 11.8. The van der Waals surface area contributed by atoms with Gasteiger partial charge in [-0.15, -0.1) is 0 Å². The van der Waals surface area contributed by atoms with Crippen LogP contribution in [0.4, 0.5) is 24.7 Å². The number of anilines is 2. The standard InChI is InChI=1S/C12H21F3N4/c1-3-6-9-10(16)11(19(2)18-9)17-8-5-4-7-12(13,14)15/h17H,3-8,16H2,1-2H3. The first-order valence-corrected chi connectivity index (χ1v) is 6.47. The molecular weight excluding hydrogens is 257 g/mol. The Balaban J connectivity index is 2.41. The molecule has 0 saturated heterocycles. The van der Waals surface area contributed by atoms with Gasteiger partial charge in [-0.1, -0.05) is 13.3 Å². The van der Waals surface area contributed by atoms with Crippen LogP contribution in [-0.2, 0) is 13.5 Å². The number of nitrogens with zero attached hydrogens (tertiary/aromatic N) is 2. The van der Waals surface area contributed by atoms with Crippen LogP contribution in [0.15, 0.2) is 0 Å². The molecule has 1 rings (SSSR count). The summed E-state index contributed by atoms with van der Waals surface area (Å²) >= 11 is 0. The van der Waals surface area contributed by atoms with Crippen LogP contribution in [0.25, 0.3) is 0 Å². The Kier molecular flexibility index (Phi) is 5.50. The summed E-state index contributed by atoms with van der Waals surface area (Å²) in [5, 5.41) is 7.34. The van der Waals surface area contributed by atoms with Gasteiger partial charge in [0.25, 0.3) is 0 Å². The van der Waals surface area contributed by atoms with Gasteiger partial charge in [-0.05, 0) is 19.3 Å². The van der Waals surface area contributed by atoms with Crippen LogP contribution in [0, 0.1) is 0 Å². The van der Waals surface area contributed by atoms with Crippen LogP contribution < -0.4 is 11.1 Å². The Bertz CT molecular complexity index is 398. The highest BCUT2D eigenvalue weighted by Gasteiger charge is 2.25. The second-order valence-corrected chi connectivity index (χ2v) is 4.58. The lowest BCUT2D eigenvalue weighted by Crippen LogP contribution is -2.10. The molecule has 7 heteroatoms. The topological polar surface area (TPSA) is 55.9 Å². The third-order valence-electron chi connectivity index (χ3n) is 2.83. The van der Waals surface area contributed by atoms with E-state index in [1.165, 1.54) is 0 Å². The van der Waals surface area contributed by atoms with E-state index >= 15 is 0 Å². The lowest BCUT2D eigenvalue weighted by molar-refractivity contribution is -0.135. The SMILES string of the molecule is CCCc1nn(C)c(NCCCCC(F)(F)F)c1N. The first-order valence-electron chi connectivity index (χ1n) is 6.47. The van der Waals surface area contributed by atoms with Gasteiger partial charge in [0.15, 0.2) is 0 Å². The maximum absolute atomic E-state index is 12.0. The van der Waals surface area contributed by atoms with Crippen molar-refractivity contribution < 1.29 is 13.2 Å². The lowest BCUT2D eigenvalue weighted by Gasteiger charge is -2.08. The van der Waals surface area contributed by atoms with Gasteiger partial charge >= 0.3 is 6.18 Å². The summed E-state index contributed by atoms with van der Waals surface area (Å²) < 4.78 is 37.5. The van der Waals surface area contributed by atoms with Crippen molar-refractivity contribution in [3.05, 3.63) is 5.69 Å². The van der Waals surface area contributed by atoms with Gasteiger partial charge in [-0.2, -0.15) is 18.3 Å². The van der Waals surface area contributed by atoms with Gasteiger partial charge in [0.1, 0.15) is 5.82 Å². The summed E-state index contributed by atoms with van der Waals surface area (Å²) in [4.78, 5) is 0. The van der Waals surface area contributed by atoms with Crippen molar-refractivity contribution in [3.63, 3.8) is 0 Å². The first kappa shape index (κ1) is 15.7. The molecule has 0 bridgehead atoms. The van der Waals surface area contributed by atoms with E-state index in [2.05, 4.69) is 10.4 Å². The fraction of sp³-hybridized carbons (Fsp3) is 0.750. The summed E-state index contributed by atoms with van der Waals surface area (Å²) in [5.41, 5.74) is 7.38. The number of unbranched alkanes of at least 4 members (excludes halogenated alkanes) is 1. The minimum Gasteiger partial charge on any atom is -0.394 e. The monoisotopic (exact) mass is 278 g/mol. The smallest absolute Gasteiger partial charge is 0.389 e. The molecule has 0 aliphatic heterocycles. The third kappa shape index (κ3) is 5.00. The van der Waals surface area contributed by atoms with Gasteiger partial charge < -0.3 is 11.1 Å². The summed E-state index contributed by atoms with van der Waals surface area (Å²) in [6, 6.07) is 0. The van der Waals surface area contributed by atoms with Crippen molar-refractivity contribution in [1.82, 2.24) is 9.78 Å². The predicted molar refractivity (Wildman–Crippen MR) is 70.0 cm³/mol. The predicted octanol–water partition coefficient (Wildman–Crippen LogP) is 3.10. The second kappa shape index (κ2) is 6.68. The Morgan fingerprint density at radius 3 is 2.58 bits per heavy atom. The highest BCUT2D eigenvalue weighted by Crippen LogP contribution is 2.24. The van der Waals surface area contributed by atoms with E-state index in [0.717, 1.165) is 18.5 Å². The molecule has 1 aromatic rings. The van der Waals surface area contributed by atoms with Crippen LogP contribution >= 0.6 is 0 Å². The van der Waals surface area contributed by atoms with Gasteiger partial charge in [-0.3, -0.25) is 4.68 Å². The molecule has 0 aliphatic carbocycles. The maximum atomic E-state index is 12.0. The lowest BCUT2D eigenvalue weighted by atomic mass is 10.2. The quantitative estimate of drug-likeness (QED) is 0.753. The van der Waals surface area contributed by atoms with Gasteiger partial charge in [0.05, 0.1) is 11.4 Å². The highest BCUT2D eigenvalue weighted by atomic mass is 19.4. The molecule has 0 radical (unpaired) electrons. The van der Waals surface area contributed by atoms with E-state index in [4.69, 9.17) is 5.73 Å². The molecule has 1 aromatic heterocycles. The molecule has 1 heterocycles. The van der Waals surface area contributed by atoms with E-state index in [1.807, 2.05) is 6.92 Å². The van der Waals surface area contributed by atoms with Crippen molar-refractivity contribution in [2.75, 3.05) is 17.6 Å². The molecule has 0 spiro atoms. The number of alkyl halides is 3. The van der Waals surface area contributed by atoms with E-state index in [0.29, 0.717) is 24.5 Å². The fourth-order valence-corrected chi connectivity index (χ4v) is 1.88. The molecule has 3 N–H and O–H groups in total. The zero-order valence-electron chi connectivity index (χ0n) is 11.3. The molecule has 0 unspecified atom stereocenters. The van der Waals surface area contributed by atoms with Crippen molar-refractivity contribution in [2.45, 2.75) is 45.2 Å². The number of hydrogen-bond acceptors (Lipinski definition) is 3. The van der Waals surface area contributed by atoms with E-state index < -0.39 is 12.6 Å². The van der Waals surface area contributed by atoms with Crippen molar-refractivity contribution >= 4 is 11.5 Å². The number of aryl methyl sites for hydroxylation is 2. The number of nitrogens with one attached hydrogen (secondary N) is 1. The van der Waals surface area contributed by atoms with Crippen molar-refractivity contribution in [1.29, 1.82) is 0 Å². The summed E-state index contributed by atoms with van der Waals surface area (Å²) in [7, 11) is 1.77. The Morgan fingerprint density at radius 2 is 2.00 bits per heavy atom. The number of nitrogens with two attached hydrogens (primary N) is 1. The van der Waals surface area contributed by atoms with E-state index in [-0.39, 0.29) is 6.42 Å². The van der Waals surface area contributed by atoms with E-state index in [9.17, 15) is 13.2 Å². The average molecular weight is 278 g/mol. The third-order valence-corrected chi connectivity index (χ3v) is 2.83. The summed E-state index contributed by atoms with van der Waals surface area (Å²) in [6.07, 6.45) is -2.48. The van der Waals surface area contributed by atoms with Crippen LogP contribution in [0.2, 0.25) is 0 Å². The molecular formula is C12H21F3N4. The molecule has 110 valence electrons. The molecule has 0 aliphatic rings. The zero-order chi connectivity index (χ0) is 14.5. The Morgan fingerprint density at radius 1 is 1.32 bits per heavy atom. The first-order chi connectivity index (χ1) is 8.85. The van der Waals surface area contributed by atoms with Gasteiger partial charge in [0.2, 0.25) is 0 Å². The summed E-state index contributed by atoms with van der Waals surface area (Å²) in [6.45, 7) is 2.50. The molecule has 0 fully saturated rings.